The molecule has 0 saturated carbocycles. The van der Waals surface area contributed by atoms with Gasteiger partial charge in [-0.1, -0.05) is 19.1 Å². The van der Waals surface area contributed by atoms with E-state index in [9.17, 15) is 13.2 Å². The fourth-order valence-electron chi connectivity index (χ4n) is 2.39. The average Bonchev–Trinajstić information content (AvgIpc) is 2.66. The van der Waals surface area contributed by atoms with Crippen molar-refractivity contribution in [3.8, 4) is 0 Å². The van der Waals surface area contributed by atoms with Crippen LogP contribution in [-0.4, -0.2) is 26.3 Å². The van der Waals surface area contributed by atoms with Crippen molar-refractivity contribution in [2.24, 2.45) is 0 Å². The zero-order valence-corrected chi connectivity index (χ0v) is 10.5. The molecule has 2 nitrogen and oxygen atoms in total. The van der Waals surface area contributed by atoms with Crippen molar-refractivity contribution in [2.75, 3.05) is 25.0 Å². The van der Waals surface area contributed by atoms with Crippen LogP contribution in [0.5, 0.6) is 0 Å². The molecule has 1 unspecified atom stereocenters. The van der Waals surface area contributed by atoms with Gasteiger partial charge in [0.25, 0.3) is 0 Å². The molecule has 100 valence electrons. The standard InChI is InChI=1S/C13H17F3N2/c1-3-17-12(13(14,15)16)10-4-5-11-9(8-10)6-7-18(11)2/h4-5,8,12,17H,3,6-7H2,1-2H3. The third-order valence-corrected chi connectivity index (χ3v) is 3.30. The number of nitrogens with zero attached hydrogens (tertiary/aromatic N) is 1. The normalized spacial score (nSPS) is 16.8. The summed E-state index contributed by atoms with van der Waals surface area (Å²) in [5, 5.41) is 2.50. The molecule has 1 aliphatic heterocycles. The molecule has 1 heterocycles. The highest BCUT2D eigenvalue weighted by atomic mass is 19.4. The average molecular weight is 258 g/mol. The summed E-state index contributed by atoms with van der Waals surface area (Å²) in [4.78, 5) is 2.06. The quantitative estimate of drug-likeness (QED) is 0.896. The molecule has 5 heteroatoms. The molecule has 1 atom stereocenters. The molecule has 0 aliphatic carbocycles. The van der Waals surface area contributed by atoms with Crippen LogP contribution < -0.4 is 10.2 Å². The van der Waals surface area contributed by atoms with E-state index < -0.39 is 12.2 Å². The van der Waals surface area contributed by atoms with E-state index in [0.29, 0.717) is 12.1 Å². The third kappa shape index (κ3) is 2.46. The zero-order chi connectivity index (χ0) is 13.3. The number of anilines is 1. The van der Waals surface area contributed by atoms with Crippen LogP contribution in [-0.2, 0) is 6.42 Å². The second-order valence-electron chi connectivity index (χ2n) is 4.59. The van der Waals surface area contributed by atoms with Gasteiger partial charge in [0, 0.05) is 19.3 Å². The number of alkyl halides is 3. The topological polar surface area (TPSA) is 15.3 Å². The maximum atomic E-state index is 12.9. The van der Waals surface area contributed by atoms with Gasteiger partial charge in [-0.3, -0.25) is 0 Å². The van der Waals surface area contributed by atoms with E-state index in [2.05, 4.69) is 10.2 Å². The van der Waals surface area contributed by atoms with Gasteiger partial charge >= 0.3 is 6.18 Å². The zero-order valence-electron chi connectivity index (χ0n) is 10.5. The van der Waals surface area contributed by atoms with Crippen molar-refractivity contribution >= 4 is 5.69 Å². The maximum Gasteiger partial charge on any atom is 0.407 e. The van der Waals surface area contributed by atoms with Crippen LogP contribution in [0.1, 0.15) is 24.1 Å². The molecular weight excluding hydrogens is 241 g/mol. The Morgan fingerprint density at radius 3 is 2.72 bits per heavy atom. The fraction of sp³-hybridized carbons (Fsp3) is 0.538. The first kappa shape index (κ1) is 13.2. The van der Waals surface area contributed by atoms with Gasteiger partial charge in [-0.05, 0) is 30.2 Å². The minimum Gasteiger partial charge on any atom is -0.374 e. The van der Waals surface area contributed by atoms with E-state index in [1.807, 2.05) is 7.05 Å². The largest absolute Gasteiger partial charge is 0.407 e. The maximum absolute atomic E-state index is 12.9. The first-order valence-electron chi connectivity index (χ1n) is 6.07. The van der Waals surface area contributed by atoms with Gasteiger partial charge < -0.3 is 10.2 Å². The van der Waals surface area contributed by atoms with E-state index in [4.69, 9.17) is 0 Å². The van der Waals surface area contributed by atoms with Crippen molar-refractivity contribution in [3.63, 3.8) is 0 Å². The number of fused-ring (bicyclic) bond motifs is 1. The Morgan fingerprint density at radius 1 is 1.39 bits per heavy atom. The number of hydrogen-bond acceptors (Lipinski definition) is 2. The number of likely N-dealkylation sites (N-methyl/N-ethyl adjacent to an activating group) is 1. The molecule has 1 N–H and O–H groups in total. The molecule has 0 fully saturated rings. The van der Waals surface area contributed by atoms with Crippen LogP contribution >= 0.6 is 0 Å². The van der Waals surface area contributed by atoms with Crippen molar-refractivity contribution in [2.45, 2.75) is 25.6 Å². The minimum atomic E-state index is -4.26. The Morgan fingerprint density at radius 2 is 2.11 bits per heavy atom. The SMILES string of the molecule is CCNC(c1ccc2c(c1)CCN2C)C(F)(F)F. The van der Waals surface area contributed by atoms with Gasteiger partial charge in [0.1, 0.15) is 6.04 Å². The molecule has 1 aliphatic rings. The van der Waals surface area contributed by atoms with Crippen molar-refractivity contribution in [1.82, 2.24) is 5.32 Å². The lowest BCUT2D eigenvalue weighted by Crippen LogP contribution is -2.34. The number of nitrogens with one attached hydrogen (secondary N) is 1. The van der Waals surface area contributed by atoms with Gasteiger partial charge in [0.2, 0.25) is 0 Å². The van der Waals surface area contributed by atoms with Gasteiger partial charge in [-0.15, -0.1) is 0 Å². The lowest BCUT2D eigenvalue weighted by atomic mass is 10.0. The van der Waals surface area contributed by atoms with E-state index in [-0.39, 0.29) is 0 Å². The summed E-state index contributed by atoms with van der Waals surface area (Å²) in [5.74, 6) is 0. The predicted octanol–water partition coefficient (Wildman–Crippen LogP) is 2.89. The van der Waals surface area contributed by atoms with Crippen molar-refractivity contribution in [3.05, 3.63) is 29.3 Å². The van der Waals surface area contributed by atoms with Crippen LogP contribution in [0.15, 0.2) is 18.2 Å². The molecule has 0 spiro atoms. The summed E-state index contributed by atoms with van der Waals surface area (Å²) in [6.45, 7) is 2.84. The van der Waals surface area contributed by atoms with E-state index in [0.717, 1.165) is 24.2 Å². The van der Waals surface area contributed by atoms with Crippen molar-refractivity contribution in [1.29, 1.82) is 0 Å². The minimum absolute atomic E-state index is 0.293. The molecule has 2 rings (SSSR count). The molecule has 0 aromatic heterocycles. The predicted molar refractivity (Wildman–Crippen MR) is 65.9 cm³/mol. The first-order valence-corrected chi connectivity index (χ1v) is 6.07. The second-order valence-corrected chi connectivity index (χ2v) is 4.59. The molecule has 1 aromatic rings. The Kier molecular flexibility index (Phi) is 3.52. The van der Waals surface area contributed by atoms with Crippen LogP contribution in [0.4, 0.5) is 18.9 Å². The Labute approximate surface area is 105 Å². The van der Waals surface area contributed by atoms with Crippen LogP contribution in [0, 0.1) is 0 Å². The molecule has 1 aromatic carbocycles. The number of hydrogen-bond donors (Lipinski definition) is 1. The van der Waals surface area contributed by atoms with Crippen LogP contribution in [0.25, 0.3) is 0 Å². The molecular formula is C13H17F3N2. The first-order chi connectivity index (χ1) is 8.43. The van der Waals surface area contributed by atoms with E-state index >= 15 is 0 Å². The monoisotopic (exact) mass is 258 g/mol. The van der Waals surface area contributed by atoms with E-state index in [1.165, 1.54) is 0 Å². The Bertz CT molecular complexity index is 429. The summed E-state index contributed by atoms with van der Waals surface area (Å²) >= 11 is 0. The lowest BCUT2D eigenvalue weighted by molar-refractivity contribution is -0.157. The second kappa shape index (κ2) is 4.80. The summed E-state index contributed by atoms with van der Waals surface area (Å²) in [6.07, 6.45) is -3.44. The Hall–Kier alpha value is -1.23. The van der Waals surface area contributed by atoms with Gasteiger partial charge in [0.05, 0.1) is 0 Å². The number of rotatable bonds is 3. The molecule has 18 heavy (non-hydrogen) atoms. The number of benzene rings is 1. The van der Waals surface area contributed by atoms with Gasteiger partial charge in [0.15, 0.2) is 0 Å². The molecule has 0 bridgehead atoms. The van der Waals surface area contributed by atoms with Crippen LogP contribution in [0.3, 0.4) is 0 Å². The summed E-state index contributed by atoms with van der Waals surface area (Å²) in [6, 6.07) is 3.47. The van der Waals surface area contributed by atoms with Crippen LogP contribution in [0.2, 0.25) is 0 Å². The fourth-order valence-corrected chi connectivity index (χ4v) is 2.39. The Balaban J connectivity index is 2.32. The summed E-state index contributed by atoms with van der Waals surface area (Å²) < 4.78 is 38.8. The lowest BCUT2D eigenvalue weighted by Gasteiger charge is -2.22. The highest BCUT2D eigenvalue weighted by Gasteiger charge is 2.40. The molecule has 0 amide bonds. The highest BCUT2D eigenvalue weighted by molar-refractivity contribution is 5.58. The smallest absolute Gasteiger partial charge is 0.374 e. The summed E-state index contributed by atoms with van der Waals surface area (Å²) in [7, 11) is 1.96. The van der Waals surface area contributed by atoms with Crippen molar-refractivity contribution < 1.29 is 13.2 Å². The third-order valence-electron chi connectivity index (χ3n) is 3.30. The number of halogens is 3. The molecule has 0 radical (unpaired) electrons. The molecule has 0 saturated heterocycles. The summed E-state index contributed by atoms with van der Waals surface area (Å²) in [5.41, 5.74) is 2.34. The highest BCUT2D eigenvalue weighted by Crippen LogP contribution is 2.36. The van der Waals surface area contributed by atoms with Gasteiger partial charge in [-0.2, -0.15) is 13.2 Å². The van der Waals surface area contributed by atoms with E-state index in [1.54, 1.807) is 25.1 Å². The van der Waals surface area contributed by atoms with Gasteiger partial charge in [-0.25, -0.2) is 0 Å².